The van der Waals surface area contributed by atoms with Crippen molar-refractivity contribution in [2.75, 3.05) is 32.8 Å². The number of benzene rings is 2. The Bertz CT molecular complexity index is 1130. The van der Waals surface area contributed by atoms with E-state index in [1.807, 2.05) is 37.5 Å². The van der Waals surface area contributed by atoms with Gasteiger partial charge >= 0.3 is 6.03 Å². The Morgan fingerprint density at radius 2 is 1.97 bits per heavy atom. The number of nitrogens with one attached hydrogen (secondary N) is 2. The number of nitrogens with zero attached hydrogens (tertiary/aromatic N) is 2. The summed E-state index contributed by atoms with van der Waals surface area (Å²) in [6, 6.07) is 14.3. The van der Waals surface area contributed by atoms with E-state index in [1.165, 1.54) is 0 Å². The molecule has 0 radical (unpaired) electrons. The highest BCUT2D eigenvalue weighted by molar-refractivity contribution is 5.88. The van der Waals surface area contributed by atoms with Crippen molar-refractivity contribution in [3.8, 4) is 16.9 Å². The number of rotatable bonds is 6. The molecule has 1 spiro atoms. The van der Waals surface area contributed by atoms with Gasteiger partial charge in [0.15, 0.2) is 0 Å². The molecule has 5 rings (SSSR count). The van der Waals surface area contributed by atoms with Crippen molar-refractivity contribution in [2.24, 2.45) is 0 Å². The Balaban J connectivity index is 1.20. The molecular formula is C24H26N4O3. The molecule has 2 saturated heterocycles. The van der Waals surface area contributed by atoms with Gasteiger partial charge in [-0.1, -0.05) is 18.2 Å². The summed E-state index contributed by atoms with van der Waals surface area (Å²) in [5.74, 6) is 0.735. The maximum atomic E-state index is 11.3. The molecule has 3 N–H and O–H groups in total. The third-order valence-electron chi connectivity index (χ3n) is 5.95. The van der Waals surface area contributed by atoms with Crippen molar-refractivity contribution in [1.82, 2.24) is 20.5 Å². The minimum atomic E-state index is -0.595. The van der Waals surface area contributed by atoms with Crippen LogP contribution in [0.1, 0.15) is 5.56 Å². The number of β-amino-alcohol motifs (C(OH)–C–C–N with tert-alkyl or cyclic N) is 1. The molecule has 31 heavy (non-hydrogen) atoms. The fraction of sp³-hybridized carbons (Fsp3) is 0.333. The van der Waals surface area contributed by atoms with Gasteiger partial charge in [0, 0.05) is 44.1 Å². The zero-order chi connectivity index (χ0) is 21.4. The van der Waals surface area contributed by atoms with Crippen LogP contribution in [0.4, 0.5) is 4.79 Å². The largest absolute Gasteiger partial charge is 0.491 e. The summed E-state index contributed by atoms with van der Waals surface area (Å²) in [6.07, 6.45) is 3.13. The van der Waals surface area contributed by atoms with Gasteiger partial charge < -0.3 is 20.5 Å². The summed E-state index contributed by atoms with van der Waals surface area (Å²) in [4.78, 5) is 17.8. The summed E-state index contributed by atoms with van der Waals surface area (Å²) in [5, 5.41) is 18.4. The smallest absolute Gasteiger partial charge is 0.315 e. The van der Waals surface area contributed by atoms with Gasteiger partial charge in [0.2, 0.25) is 0 Å². The number of pyridine rings is 1. The highest BCUT2D eigenvalue weighted by Crippen LogP contribution is 2.28. The number of aliphatic hydroxyl groups is 1. The molecule has 3 heterocycles. The zero-order valence-corrected chi connectivity index (χ0v) is 17.5. The molecule has 2 aliphatic heterocycles. The third-order valence-corrected chi connectivity index (χ3v) is 5.95. The van der Waals surface area contributed by atoms with Gasteiger partial charge in [0.05, 0.1) is 5.54 Å². The van der Waals surface area contributed by atoms with Crippen LogP contribution >= 0.6 is 0 Å². The lowest BCUT2D eigenvalue weighted by molar-refractivity contribution is 0.00543. The normalized spacial score (nSPS) is 18.5. The van der Waals surface area contributed by atoms with Crippen LogP contribution < -0.4 is 15.4 Å². The van der Waals surface area contributed by atoms with Crippen LogP contribution in [0.25, 0.3) is 21.9 Å². The van der Waals surface area contributed by atoms with Crippen LogP contribution in [0.5, 0.6) is 5.75 Å². The molecular weight excluding hydrogens is 392 g/mol. The minimum Gasteiger partial charge on any atom is -0.491 e. The minimum absolute atomic E-state index is 0.110. The van der Waals surface area contributed by atoms with Gasteiger partial charge in [0.1, 0.15) is 18.5 Å². The van der Waals surface area contributed by atoms with E-state index in [0.29, 0.717) is 13.1 Å². The molecule has 2 aromatic carbocycles. The van der Waals surface area contributed by atoms with E-state index in [0.717, 1.165) is 46.3 Å². The van der Waals surface area contributed by atoms with E-state index in [2.05, 4.69) is 44.8 Å². The number of hydrogen-bond acceptors (Lipinski definition) is 5. The van der Waals surface area contributed by atoms with Crippen molar-refractivity contribution < 1.29 is 14.6 Å². The van der Waals surface area contributed by atoms with E-state index in [-0.39, 0.29) is 18.2 Å². The standard InChI is InChI=1S/C24H26N4O3/c1-16-6-20(10-25-9-16)18-3-2-17-4-5-22(8-19(17)7-18)31-12-21(29)11-28-14-24(15-28)13-26-23(30)27-24/h2-10,21,29H,11-15H2,1H3,(H2,26,27,30). The van der Waals surface area contributed by atoms with Crippen molar-refractivity contribution in [2.45, 2.75) is 18.6 Å². The first-order valence-electron chi connectivity index (χ1n) is 10.5. The van der Waals surface area contributed by atoms with Gasteiger partial charge in [-0.25, -0.2) is 4.79 Å². The SMILES string of the molecule is Cc1cncc(-c2ccc3ccc(OCC(O)CN4CC5(CNC(=O)N5)C4)cc3c2)c1. The van der Waals surface area contributed by atoms with Gasteiger partial charge in [-0.15, -0.1) is 0 Å². The van der Waals surface area contributed by atoms with Gasteiger partial charge in [0.25, 0.3) is 0 Å². The van der Waals surface area contributed by atoms with Crippen LogP contribution in [0, 0.1) is 6.92 Å². The molecule has 0 aliphatic carbocycles. The van der Waals surface area contributed by atoms with Crippen molar-refractivity contribution in [3.63, 3.8) is 0 Å². The van der Waals surface area contributed by atoms with Crippen molar-refractivity contribution in [1.29, 1.82) is 0 Å². The number of carbonyl (C=O) groups is 1. The molecule has 160 valence electrons. The van der Waals surface area contributed by atoms with E-state index in [9.17, 15) is 9.90 Å². The molecule has 0 saturated carbocycles. The topological polar surface area (TPSA) is 86.7 Å². The Kier molecular flexibility index (Phi) is 5.00. The number of likely N-dealkylation sites (tertiary alicyclic amines) is 1. The molecule has 2 amide bonds. The number of ether oxygens (including phenoxy) is 1. The molecule has 2 fully saturated rings. The van der Waals surface area contributed by atoms with E-state index in [1.54, 1.807) is 0 Å². The fourth-order valence-corrected chi connectivity index (χ4v) is 4.46. The molecule has 1 unspecified atom stereocenters. The predicted octanol–water partition coefficient (Wildman–Crippen LogP) is 2.32. The Labute approximate surface area is 181 Å². The van der Waals surface area contributed by atoms with Gasteiger partial charge in [-0.05, 0) is 53.1 Å². The summed E-state index contributed by atoms with van der Waals surface area (Å²) >= 11 is 0. The summed E-state index contributed by atoms with van der Waals surface area (Å²) in [5.41, 5.74) is 3.16. The number of urea groups is 1. The van der Waals surface area contributed by atoms with Crippen molar-refractivity contribution in [3.05, 3.63) is 60.4 Å². The molecule has 1 atom stereocenters. The summed E-state index contributed by atoms with van der Waals surface area (Å²) in [6.45, 7) is 4.92. The molecule has 1 aromatic heterocycles. The van der Waals surface area contributed by atoms with Crippen LogP contribution in [0.3, 0.4) is 0 Å². The summed E-state index contributed by atoms with van der Waals surface area (Å²) < 4.78 is 5.87. The van der Waals surface area contributed by atoms with Crippen LogP contribution in [0.2, 0.25) is 0 Å². The quantitative estimate of drug-likeness (QED) is 0.572. The molecule has 3 aromatic rings. The first-order valence-corrected chi connectivity index (χ1v) is 10.5. The monoisotopic (exact) mass is 418 g/mol. The first kappa shape index (κ1) is 19.8. The number of fused-ring (bicyclic) bond motifs is 1. The lowest BCUT2D eigenvalue weighted by atomic mass is 9.91. The molecule has 7 nitrogen and oxygen atoms in total. The van der Waals surface area contributed by atoms with Crippen molar-refractivity contribution >= 4 is 16.8 Å². The average molecular weight is 418 g/mol. The Morgan fingerprint density at radius 1 is 1.13 bits per heavy atom. The van der Waals surface area contributed by atoms with Crippen LogP contribution in [-0.2, 0) is 0 Å². The lowest BCUT2D eigenvalue weighted by Crippen LogP contribution is -2.69. The molecule has 2 aliphatic rings. The second-order valence-corrected chi connectivity index (χ2v) is 8.70. The van der Waals surface area contributed by atoms with Gasteiger partial charge in [-0.2, -0.15) is 0 Å². The number of aliphatic hydroxyl groups excluding tert-OH is 1. The molecule has 0 bridgehead atoms. The summed E-state index contributed by atoms with van der Waals surface area (Å²) in [7, 11) is 0. The van der Waals surface area contributed by atoms with E-state index >= 15 is 0 Å². The van der Waals surface area contributed by atoms with Gasteiger partial charge in [-0.3, -0.25) is 9.88 Å². The predicted molar refractivity (Wildman–Crippen MR) is 119 cm³/mol. The highest BCUT2D eigenvalue weighted by Gasteiger charge is 2.47. The maximum Gasteiger partial charge on any atom is 0.315 e. The fourth-order valence-electron chi connectivity index (χ4n) is 4.46. The highest BCUT2D eigenvalue weighted by atomic mass is 16.5. The third kappa shape index (κ3) is 4.19. The number of hydrogen-bond donors (Lipinski definition) is 3. The van der Waals surface area contributed by atoms with Crippen LogP contribution in [0.15, 0.2) is 54.9 Å². The number of aryl methyl sites for hydroxylation is 1. The maximum absolute atomic E-state index is 11.3. The number of carbonyl (C=O) groups excluding carboxylic acids is 1. The average Bonchev–Trinajstić information content (AvgIpc) is 3.13. The Hall–Kier alpha value is -3.16. The number of amides is 2. The van der Waals surface area contributed by atoms with E-state index < -0.39 is 6.10 Å². The Morgan fingerprint density at radius 3 is 2.74 bits per heavy atom. The number of aromatic nitrogens is 1. The second kappa shape index (κ2) is 7.83. The zero-order valence-electron chi connectivity index (χ0n) is 17.5. The van der Waals surface area contributed by atoms with E-state index in [4.69, 9.17) is 4.74 Å². The first-order chi connectivity index (χ1) is 15.0. The second-order valence-electron chi connectivity index (χ2n) is 8.70. The van der Waals surface area contributed by atoms with Crippen LogP contribution in [-0.4, -0.2) is 65.5 Å². The molecule has 7 heteroatoms. The lowest BCUT2D eigenvalue weighted by Gasteiger charge is -2.47.